The number of hydrogen-bond acceptors (Lipinski definition) is 2. The predicted octanol–water partition coefficient (Wildman–Crippen LogP) is 1.81. The van der Waals surface area contributed by atoms with Gasteiger partial charge in [0.05, 0.1) is 5.92 Å². The minimum absolute atomic E-state index is 0.0201. The van der Waals surface area contributed by atoms with Crippen LogP contribution in [0.4, 0.5) is 5.69 Å². The lowest BCUT2D eigenvalue weighted by molar-refractivity contribution is -0.140. The Morgan fingerprint density at radius 1 is 1.44 bits per heavy atom. The Morgan fingerprint density at radius 3 is 2.75 bits per heavy atom. The van der Waals surface area contributed by atoms with E-state index < -0.39 is 11.9 Å². The normalized spacial score (nSPS) is 18.9. The lowest BCUT2D eigenvalue weighted by atomic mass is 9.86. The maximum absolute atomic E-state index is 11.4. The number of anilines is 1. The van der Waals surface area contributed by atoms with Crippen molar-refractivity contribution in [3.8, 4) is 0 Å². The molecule has 0 fully saturated rings. The number of aliphatic carboxylic acids is 1. The van der Waals surface area contributed by atoms with Gasteiger partial charge < -0.3 is 10.4 Å². The van der Waals surface area contributed by atoms with E-state index >= 15 is 0 Å². The Morgan fingerprint density at radius 2 is 2.12 bits per heavy atom. The van der Waals surface area contributed by atoms with Crippen molar-refractivity contribution in [2.24, 2.45) is 0 Å². The van der Waals surface area contributed by atoms with Crippen molar-refractivity contribution in [2.75, 3.05) is 5.32 Å². The van der Waals surface area contributed by atoms with Crippen molar-refractivity contribution in [2.45, 2.75) is 26.2 Å². The van der Waals surface area contributed by atoms with E-state index in [-0.39, 0.29) is 12.3 Å². The van der Waals surface area contributed by atoms with Crippen molar-refractivity contribution >= 4 is 17.6 Å². The van der Waals surface area contributed by atoms with Crippen LogP contribution in [0.15, 0.2) is 12.1 Å². The second-order valence-electron chi connectivity index (χ2n) is 4.19. The van der Waals surface area contributed by atoms with Gasteiger partial charge in [-0.1, -0.05) is 6.07 Å². The SMILES string of the molecule is Cc1cc(C)c2c(c1)NC(=O)CC2C(=O)O. The van der Waals surface area contributed by atoms with Crippen LogP contribution in [-0.2, 0) is 9.59 Å². The first-order valence-corrected chi connectivity index (χ1v) is 5.13. The number of fused-ring (bicyclic) bond motifs is 1. The van der Waals surface area contributed by atoms with E-state index in [0.717, 1.165) is 16.7 Å². The Hall–Kier alpha value is -1.84. The van der Waals surface area contributed by atoms with Crippen LogP contribution in [0.5, 0.6) is 0 Å². The lowest BCUT2D eigenvalue weighted by Gasteiger charge is -2.25. The third kappa shape index (κ3) is 1.66. The highest BCUT2D eigenvalue weighted by Crippen LogP contribution is 2.35. The number of benzene rings is 1. The van der Waals surface area contributed by atoms with Crippen LogP contribution in [0.1, 0.15) is 29.0 Å². The van der Waals surface area contributed by atoms with E-state index in [4.69, 9.17) is 5.11 Å². The van der Waals surface area contributed by atoms with Crippen LogP contribution in [0.25, 0.3) is 0 Å². The zero-order valence-electron chi connectivity index (χ0n) is 9.20. The average molecular weight is 219 g/mol. The minimum atomic E-state index is -0.942. The van der Waals surface area contributed by atoms with Crippen molar-refractivity contribution in [1.82, 2.24) is 0 Å². The van der Waals surface area contributed by atoms with Crippen LogP contribution in [0, 0.1) is 13.8 Å². The van der Waals surface area contributed by atoms with Crippen molar-refractivity contribution < 1.29 is 14.7 Å². The molecule has 1 aromatic rings. The van der Waals surface area contributed by atoms with Gasteiger partial charge in [0.1, 0.15) is 0 Å². The molecule has 2 rings (SSSR count). The number of carboxylic acid groups (broad SMARTS) is 1. The summed E-state index contributed by atoms with van der Waals surface area (Å²) in [5.74, 6) is -1.89. The van der Waals surface area contributed by atoms with Gasteiger partial charge in [0, 0.05) is 12.1 Å². The second kappa shape index (κ2) is 3.63. The summed E-state index contributed by atoms with van der Waals surface area (Å²) < 4.78 is 0. The number of hydrogen-bond donors (Lipinski definition) is 2. The summed E-state index contributed by atoms with van der Waals surface area (Å²) in [5, 5.41) is 11.8. The van der Waals surface area contributed by atoms with E-state index in [1.807, 2.05) is 26.0 Å². The molecule has 4 heteroatoms. The first-order valence-electron chi connectivity index (χ1n) is 5.13. The number of aryl methyl sites for hydroxylation is 2. The van der Waals surface area contributed by atoms with Crippen molar-refractivity contribution in [3.63, 3.8) is 0 Å². The molecule has 1 aromatic carbocycles. The van der Waals surface area contributed by atoms with Gasteiger partial charge in [-0.15, -0.1) is 0 Å². The third-order valence-corrected chi connectivity index (χ3v) is 2.84. The molecule has 2 N–H and O–H groups in total. The zero-order valence-corrected chi connectivity index (χ0v) is 9.20. The molecule has 1 atom stereocenters. The van der Waals surface area contributed by atoms with Crippen LogP contribution in [-0.4, -0.2) is 17.0 Å². The molecular weight excluding hydrogens is 206 g/mol. The topological polar surface area (TPSA) is 66.4 Å². The fraction of sp³-hybridized carbons (Fsp3) is 0.333. The lowest BCUT2D eigenvalue weighted by Crippen LogP contribution is -2.28. The number of carbonyl (C=O) groups is 2. The smallest absolute Gasteiger partial charge is 0.311 e. The highest BCUT2D eigenvalue weighted by molar-refractivity contribution is 6.00. The van der Waals surface area contributed by atoms with E-state index in [9.17, 15) is 9.59 Å². The molecule has 0 aromatic heterocycles. The maximum Gasteiger partial charge on any atom is 0.311 e. The summed E-state index contributed by atoms with van der Waals surface area (Å²) in [6.45, 7) is 3.79. The molecule has 0 spiro atoms. The molecule has 0 saturated heterocycles. The molecule has 4 nitrogen and oxygen atoms in total. The molecule has 0 aliphatic carbocycles. The molecule has 1 aliphatic heterocycles. The monoisotopic (exact) mass is 219 g/mol. The number of nitrogens with one attached hydrogen (secondary N) is 1. The van der Waals surface area contributed by atoms with Gasteiger partial charge in [-0.05, 0) is 36.6 Å². The maximum atomic E-state index is 11.4. The highest BCUT2D eigenvalue weighted by atomic mass is 16.4. The van der Waals surface area contributed by atoms with E-state index in [2.05, 4.69) is 5.32 Å². The minimum Gasteiger partial charge on any atom is -0.481 e. The van der Waals surface area contributed by atoms with Gasteiger partial charge in [-0.2, -0.15) is 0 Å². The summed E-state index contributed by atoms with van der Waals surface area (Å²) in [6, 6.07) is 3.75. The Kier molecular flexibility index (Phi) is 2.42. The Bertz CT molecular complexity index is 479. The van der Waals surface area contributed by atoms with E-state index in [1.165, 1.54) is 0 Å². The van der Waals surface area contributed by atoms with E-state index in [1.54, 1.807) is 0 Å². The summed E-state index contributed by atoms with van der Waals surface area (Å²) in [6.07, 6.45) is 0.0201. The van der Waals surface area contributed by atoms with Crippen LogP contribution in [0.2, 0.25) is 0 Å². The third-order valence-electron chi connectivity index (χ3n) is 2.84. The highest BCUT2D eigenvalue weighted by Gasteiger charge is 2.31. The number of rotatable bonds is 1. The number of carbonyl (C=O) groups excluding carboxylic acids is 1. The largest absolute Gasteiger partial charge is 0.481 e. The molecule has 0 radical (unpaired) electrons. The van der Waals surface area contributed by atoms with Gasteiger partial charge in [0.2, 0.25) is 5.91 Å². The van der Waals surface area contributed by atoms with Gasteiger partial charge in [0.25, 0.3) is 0 Å². The molecule has 1 aliphatic rings. The van der Waals surface area contributed by atoms with Gasteiger partial charge in [-0.3, -0.25) is 9.59 Å². The van der Waals surface area contributed by atoms with Crippen LogP contribution in [0.3, 0.4) is 0 Å². The zero-order chi connectivity index (χ0) is 11.9. The van der Waals surface area contributed by atoms with E-state index in [0.29, 0.717) is 5.69 Å². The van der Waals surface area contributed by atoms with Crippen molar-refractivity contribution in [3.05, 3.63) is 28.8 Å². The summed E-state index contributed by atoms with van der Waals surface area (Å²) in [7, 11) is 0. The molecule has 0 saturated carbocycles. The van der Waals surface area contributed by atoms with Gasteiger partial charge in [0.15, 0.2) is 0 Å². The fourth-order valence-electron chi connectivity index (χ4n) is 2.24. The Labute approximate surface area is 93.3 Å². The fourth-order valence-corrected chi connectivity index (χ4v) is 2.24. The number of amides is 1. The quantitative estimate of drug-likeness (QED) is 0.757. The molecule has 1 heterocycles. The van der Waals surface area contributed by atoms with Crippen LogP contribution < -0.4 is 5.32 Å². The molecule has 1 unspecified atom stereocenters. The van der Waals surface area contributed by atoms with Crippen LogP contribution >= 0.6 is 0 Å². The molecular formula is C12H13NO3. The summed E-state index contributed by atoms with van der Waals surface area (Å²) >= 11 is 0. The molecule has 0 bridgehead atoms. The predicted molar refractivity (Wildman–Crippen MR) is 59.5 cm³/mol. The second-order valence-corrected chi connectivity index (χ2v) is 4.19. The molecule has 84 valence electrons. The van der Waals surface area contributed by atoms with Gasteiger partial charge in [-0.25, -0.2) is 0 Å². The standard InChI is InChI=1S/C12H13NO3/c1-6-3-7(2)11-8(12(15)16)5-10(14)13-9(11)4-6/h3-4,8H,5H2,1-2H3,(H,13,14)(H,15,16). The molecule has 16 heavy (non-hydrogen) atoms. The Balaban J connectivity index is 2.61. The average Bonchev–Trinajstić information content (AvgIpc) is 2.14. The molecule has 1 amide bonds. The van der Waals surface area contributed by atoms with Gasteiger partial charge >= 0.3 is 5.97 Å². The first-order chi connectivity index (χ1) is 7.49. The number of carboxylic acids is 1. The van der Waals surface area contributed by atoms with Crippen molar-refractivity contribution in [1.29, 1.82) is 0 Å². The first kappa shape index (κ1) is 10.7. The summed E-state index contributed by atoms with van der Waals surface area (Å²) in [4.78, 5) is 22.5. The summed E-state index contributed by atoms with van der Waals surface area (Å²) in [5.41, 5.74) is 3.31.